The lowest BCUT2D eigenvalue weighted by molar-refractivity contribution is -0.140. The smallest absolute Gasteiger partial charge is 0.307 e. The third-order valence-electron chi connectivity index (χ3n) is 5.17. The van der Waals surface area contributed by atoms with Crippen molar-refractivity contribution in [3.63, 3.8) is 0 Å². The number of hydrogen-bond donors (Lipinski definition) is 1. The molecular formula is C26H21NO4S2. The summed E-state index contributed by atoms with van der Waals surface area (Å²) in [5, 5.41) is 10.6. The van der Waals surface area contributed by atoms with Crippen molar-refractivity contribution in [2.24, 2.45) is 5.92 Å². The lowest BCUT2D eigenvalue weighted by Crippen LogP contribution is -2.25. The quantitative estimate of drug-likeness (QED) is 0.408. The number of thiophene rings is 1. The first-order chi connectivity index (χ1) is 15.8. The maximum absolute atomic E-state index is 13.0. The number of para-hydroxylation sites is 1. The number of sulfone groups is 1. The number of carbonyl (C=O) groups is 1. The molecule has 7 heteroatoms. The molecule has 1 atom stereocenters. The number of carboxylic acid groups (broad SMARTS) is 1. The number of rotatable bonds is 6. The zero-order chi connectivity index (χ0) is 23.4. The number of aryl methyl sites for hydroxylation is 1. The molecule has 4 aromatic rings. The Kier molecular flexibility index (Phi) is 6.59. The molecule has 0 unspecified atom stereocenters. The molecule has 0 amide bonds. The molecule has 5 nitrogen and oxygen atoms in total. The molecule has 0 bridgehead atoms. The molecule has 0 aliphatic carbocycles. The summed E-state index contributed by atoms with van der Waals surface area (Å²) in [6.07, 6.45) is 1.69. The first kappa shape index (κ1) is 22.7. The number of fused-ring (bicyclic) bond motifs is 1. The molecule has 0 aliphatic heterocycles. The second kappa shape index (κ2) is 9.57. The third-order valence-corrected chi connectivity index (χ3v) is 8.57. The second-order valence-electron chi connectivity index (χ2n) is 7.79. The van der Waals surface area contributed by atoms with Gasteiger partial charge in [0.05, 0.1) is 22.1 Å². The first-order valence-electron chi connectivity index (χ1n) is 10.3. The molecule has 2 aromatic heterocycles. The minimum absolute atomic E-state index is 0.0812. The second-order valence-corrected chi connectivity index (χ2v) is 11.1. The molecule has 0 radical (unpaired) electrons. The van der Waals surface area contributed by atoms with Gasteiger partial charge in [0.15, 0.2) is 9.84 Å². The molecular weight excluding hydrogens is 454 g/mol. The van der Waals surface area contributed by atoms with E-state index in [0.717, 1.165) is 33.4 Å². The monoisotopic (exact) mass is 475 g/mol. The van der Waals surface area contributed by atoms with Gasteiger partial charge in [0.2, 0.25) is 0 Å². The minimum Gasteiger partial charge on any atom is -0.481 e. The van der Waals surface area contributed by atoms with Crippen molar-refractivity contribution < 1.29 is 18.3 Å². The predicted molar refractivity (Wildman–Crippen MR) is 130 cm³/mol. The summed E-state index contributed by atoms with van der Waals surface area (Å²) < 4.78 is 26.0. The summed E-state index contributed by atoms with van der Waals surface area (Å²) in [5.74, 6) is 3.29. The van der Waals surface area contributed by atoms with Gasteiger partial charge in [-0.1, -0.05) is 47.7 Å². The van der Waals surface area contributed by atoms with Gasteiger partial charge in [-0.3, -0.25) is 9.78 Å². The van der Waals surface area contributed by atoms with Crippen LogP contribution in [0, 0.1) is 24.7 Å². The van der Waals surface area contributed by atoms with Crippen LogP contribution in [0.25, 0.3) is 10.9 Å². The highest BCUT2D eigenvalue weighted by molar-refractivity contribution is 7.93. The molecule has 4 rings (SSSR count). The van der Waals surface area contributed by atoms with E-state index in [0.29, 0.717) is 10.4 Å². The highest BCUT2D eigenvalue weighted by Crippen LogP contribution is 2.25. The highest BCUT2D eigenvalue weighted by atomic mass is 32.2. The largest absolute Gasteiger partial charge is 0.481 e. The van der Waals surface area contributed by atoms with Crippen LogP contribution in [0.15, 0.2) is 77.1 Å². The van der Waals surface area contributed by atoms with E-state index in [1.54, 1.807) is 12.3 Å². The molecule has 33 heavy (non-hydrogen) atoms. The number of hydrogen-bond acceptors (Lipinski definition) is 5. The van der Waals surface area contributed by atoms with Crippen LogP contribution in [0.3, 0.4) is 0 Å². The fourth-order valence-electron chi connectivity index (χ4n) is 3.40. The minimum atomic E-state index is -3.79. The average Bonchev–Trinajstić information content (AvgIpc) is 3.28. The molecule has 2 heterocycles. The van der Waals surface area contributed by atoms with Gasteiger partial charge in [-0.05, 0) is 55.3 Å². The lowest BCUT2D eigenvalue weighted by atomic mass is 10.0. The summed E-state index contributed by atoms with van der Waals surface area (Å²) >= 11 is 1.06. The van der Waals surface area contributed by atoms with Crippen molar-refractivity contribution in [2.75, 3.05) is 5.75 Å². The van der Waals surface area contributed by atoms with Crippen LogP contribution in [0.5, 0.6) is 0 Å². The number of benzene rings is 2. The van der Waals surface area contributed by atoms with Gasteiger partial charge in [0.25, 0.3) is 0 Å². The summed E-state index contributed by atoms with van der Waals surface area (Å²) in [7, 11) is -3.79. The average molecular weight is 476 g/mol. The van der Waals surface area contributed by atoms with Gasteiger partial charge < -0.3 is 5.11 Å². The lowest BCUT2D eigenvalue weighted by Gasteiger charge is -2.12. The Hall–Kier alpha value is -3.47. The molecule has 0 saturated carbocycles. The number of pyridine rings is 1. The maximum Gasteiger partial charge on any atom is 0.307 e. The topological polar surface area (TPSA) is 84.3 Å². The van der Waals surface area contributed by atoms with Crippen molar-refractivity contribution in [2.45, 2.75) is 17.6 Å². The molecule has 2 aromatic carbocycles. The highest BCUT2D eigenvalue weighted by Gasteiger charge is 2.28. The van der Waals surface area contributed by atoms with Crippen molar-refractivity contribution in [1.29, 1.82) is 0 Å². The number of carboxylic acids is 1. The molecule has 0 spiro atoms. The Labute approximate surface area is 196 Å². The Bertz CT molecular complexity index is 1480. The van der Waals surface area contributed by atoms with Crippen molar-refractivity contribution >= 4 is 38.0 Å². The SMILES string of the molecule is Cc1ccc(C#Cc2ccc(S(=O)(=O)C[C@@H](Cc3cnc4ccccc4c3)C(=O)O)s2)cc1. The van der Waals surface area contributed by atoms with Crippen molar-refractivity contribution in [3.8, 4) is 11.8 Å². The van der Waals surface area contributed by atoms with Crippen LogP contribution in [0.1, 0.15) is 21.6 Å². The summed E-state index contributed by atoms with van der Waals surface area (Å²) in [6, 6.07) is 20.3. The first-order valence-corrected chi connectivity index (χ1v) is 12.7. The van der Waals surface area contributed by atoms with E-state index >= 15 is 0 Å². The fourth-order valence-corrected chi connectivity index (χ4v) is 6.20. The van der Waals surface area contributed by atoms with E-state index < -0.39 is 27.5 Å². The van der Waals surface area contributed by atoms with E-state index in [-0.39, 0.29) is 10.6 Å². The Morgan fingerprint density at radius 2 is 1.82 bits per heavy atom. The summed E-state index contributed by atoms with van der Waals surface area (Å²) in [6.45, 7) is 1.99. The Morgan fingerprint density at radius 3 is 2.58 bits per heavy atom. The molecule has 166 valence electrons. The summed E-state index contributed by atoms with van der Waals surface area (Å²) in [4.78, 5) is 16.8. The van der Waals surface area contributed by atoms with E-state index in [4.69, 9.17) is 0 Å². The third kappa shape index (κ3) is 5.67. The molecule has 0 saturated heterocycles. The zero-order valence-electron chi connectivity index (χ0n) is 17.9. The van der Waals surface area contributed by atoms with E-state index in [1.807, 2.05) is 61.5 Å². The maximum atomic E-state index is 13.0. The predicted octanol–water partition coefficient (Wildman–Crippen LogP) is 4.72. The Balaban J connectivity index is 1.51. The molecule has 0 fully saturated rings. The number of aliphatic carboxylic acids is 1. The molecule has 0 aliphatic rings. The van der Waals surface area contributed by atoms with Crippen LogP contribution >= 0.6 is 11.3 Å². The van der Waals surface area contributed by atoms with Gasteiger partial charge in [0, 0.05) is 17.1 Å². The van der Waals surface area contributed by atoms with Gasteiger partial charge in [-0.25, -0.2) is 8.42 Å². The van der Waals surface area contributed by atoms with E-state index in [1.165, 1.54) is 6.07 Å². The zero-order valence-corrected chi connectivity index (χ0v) is 19.5. The van der Waals surface area contributed by atoms with Crippen molar-refractivity contribution in [1.82, 2.24) is 4.98 Å². The van der Waals surface area contributed by atoms with Gasteiger partial charge in [0.1, 0.15) is 4.21 Å². The van der Waals surface area contributed by atoms with Crippen LogP contribution in [0.4, 0.5) is 0 Å². The van der Waals surface area contributed by atoms with Crippen molar-refractivity contribution in [3.05, 3.63) is 94.5 Å². The van der Waals surface area contributed by atoms with E-state index in [2.05, 4.69) is 16.8 Å². The molecule has 1 N–H and O–H groups in total. The fraction of sp³-hybridized carbons (Fsp3) is 0.154. The Morgan fingerprint density at radius 1 is 1.06 bits per heavy atom. The van der Waals surface area contributed by atoms with Crippen LogP contribution in [0.2, 0.25) is 0 Å². The van der Waals surface area contributed by atoms with Gasteiger partial charge in [-0.2, -0.15) is 0 Å². The van der Waals surface area contributed by atoms with Gasteiger partial charge >= 0.3 is 5.97 Å². The number of aromatic nitrogens is 1. The van der Waals surface area contributed by atoms with Crippen LogP contribution in [-0.4, -0.2) is 30.2 Å². The standard InChI is InChI=1S/C26H21NO4S2/c1-18-6-8-19(9-7-18)10-11-23-12-13-25(32-23)33(30,31)17-22(26(28)29)15-20-14-21-4-2-3-5-24(21)27-16-20/h2-9,12-14,16,22H,15,17H2,1H3,(H,28,29)/t22-/m1/s1. The van der Waals surface area contributed by atoms with Crippen LogP contribution < -0.4 is 0 Å². The van der Waals surface area contributed by atoms with Crippen LogP contribution in [-0.2, 0) is 21.1 Å². The normalized spacial score (nSPS) is 12.2. The number of nitrogens with zero attached hydrogens (tertiary/aromatic N) is 1. The van der Waals surface area contributed by atoms with Gasteiger partial charge in [-0.15, -0.1) is 11.3 Å². The van der Waals surface area contributed by atoms with E-state index in [9.17, 15) is 18.3 Å². The summed E-state index contributed by atoms with van der Waals surface area (Å²) in [5.41, 5.74) is 3.47.